The third-order valence-corrected chi connectivity index (χ3v) is 3.96. The molecule has 5 heteroatoms. The third-order valence-electron chi connectivity index (χ3n) is 3.13. The topological polar surface area (TPSA) is 47.0 Å². The number of nitrogens with one attached hydrogen (secondary N) is 1. The monoisotopic (exact) mass is 349 g/mol. The van der Waals surface area contributed by atoms with Gasteiger partial charge in [-0.2, -0.15) is 0 Å². The molecule has 0 spiro atoms. The molecule has 2 aromatic rings. The van der Waals surface area contributed by atoms with Crippen LogP contribution in [0.25, 0.3) is 11.4 Å². The van der Waals surface area contributed by atoms with Crippen molar-refractivity contribution in [2.24, 2.45) is 0 Å². The van der Waals surface area contributed by atoms with Crippen LogP contribution in [0, 0.1) is 0 Å². The molecule has 0 atom stereocenters. The SMILES string of the molecule is CCCNc1nc(-c2cccc(OC)c2)nc(CC)c1Br. The van der Waals surface area contributed by atoms with Crippen molar-refractivity contribution in [1.82, 2.24) is 9.97 Å². The molecule has 2 rings (SSSR count). The second-order valence-corrected chi connectivity index (χ2v) is 5.46. The maximum atomic E-state index is 5.27. The molecule has 0 aliphatic carbocycles. The first kappa shape index (κ1) is 15.8. The Bertz CT molecular complexity index is 616. The summed E-state index contributed by atoms with van der Waals surface area (Å²) < 4.78 is 6.22. The molecule has 0 aliphatic rings. The Hall–Kier alpha value is -1.62. The summed E-state index contributed by atoms with van der Waals surface area (Å²) in [6.07, 6.45) is 1.90. The van der Waals surface area contributed by atoms with Gasteiger partial charge in [-0.15, -0.1) is 0 Å². The first-order valence-corrected chi connectivity index (χ1v) is 7.93. The molecule has 0 unspecified atom stereocenters. The van der Waals surface area contributed by atoms with Gasteiger partial charge in [-0.3, -0.25) is 0 Å². The zero-order valence-electron chi connectivity index (χ0n) is 12.6. The molecular formula is C16H20BrN3O. The van der Waals surface area contributed by atoms with E-state index < -0.39 is 0 Å². The predicted molar refractivity (Wildman–Crippen MR) is 89.9 cm³/mol. The molecular weight excluding hydrogens is 330 g/mol. The van der Waals surface area contributed by atoms with Crippen molar-refractivity contribution in [2.45, 2.75) is 26.7 Å². The van der Waals surface area contributed by atoms with E-state index in [2.05, 4.69) is 45.1 Å². The number of methoxy groups -OCH3 is 1. The highest BCUT2D eigenvalue weighted by Crippen LogP contribution is 2.28. The normalized spacial score (nSPS) is 10.5. The largest absolute Gasteiger partial charge is 0.497 e. The van der Waals surface area contributed by atoms with Crippen LogP contribution in [0.4, 0.5) is 5.82 Å². The number of hydrogen-bond donors (Lipinski definition) is 1. The molecule has 1 heterocycles. The summed E-state index contributed by atoms with van der Waals surface area (Å²) >= 11 is 3.59. The fourth-order valence-electron chi connectivity index (χ4n) is 1.98. The van der Waals surface area contributed by atoms with E-state index in [1.54, 1.807) is 7.11 Å². The van der Waals surface area contributed by atoms with Crippen LogP contribution >= 0.6 is 15.9 Å². The summed E-state index contributed by atoms with van der Waals surface area (Å²) in [5.41, 5.74) is 1.96. The standard InChI is InChI=1S/C16H20BrN3O/c1-4-9-18-16-14(17)13(5-2)19-15(20-16)11-7-6-8-12(10-11)21-3/h6-8,10H,4-5,9H2,1-3H3,(H,18,19,20). The minimum atomic E-state index is 0.715. The molecule has 0 fully saturated rings. The first-order valence-electron chi connectivity index (χ1n) is 7.14. The van der Waals surface area contributed by atoms with Gasteiger partial charge in [-0.1, -0.05) is 26.0 Å². The van der Waals surface area contributed by atoms with Crippen LogP contribution in [0.5, 0.6) is 5.75 Å². The van der Waals surface area contributed by atoms with Gasteiger partial charge < -0.3 is 10.1 Å². The van der Waals surface area contributed by atoms with Crippen molar-refractivity contribution in [3.05, 3.63) is 34.4 Å². The van der Waals surface area contributed by atoms with Crippen molar-refractivity contribution in [2.75, 3.05) is 19.0 Å². The smallest absolute Gasteiger partial charge is 0.161 e. The third kappa shape index (κ3) is 3.73. The van der Waals surface area contributed by atoms with Crippen LogP contribution in [0.15, 0.2) is 28.7 Å². The van der Waals surface area contributed by atoms with Crippen LogP contribution in [0.3, 0.4) is 0 Å². The maximum Gasteiger partial charge on any atom is 0.161 e. The fourth-order valence-corrected chi connectivity index (χ4v) is 2.58. The summed E-state index contributed by atoms with van der Waals surface area (Å²) in [6, 6.07) is 7.81. The number of ether oxygens (including phenoxy) is 1. The van der Waals surface area contributed by atoms with Crippen LogP contribution in [0.2, 0.25) is 0 Å². The molecule has 0 aliphatic heterocycles. The van der Waals surface area contributed by atoms with Gasteiger partial charge in [0.25, 0.3) is 0 Å². The lowest BCUT2D eigenvalue weighted by molar-refractivity contribution is 0.415. The van der Waals surface area contributed by atoms with Gasteiger partial charge in [-0.25, -0.2) is 9.97 Å². The molecule has 1 aromatic carbocycles. The van der Waals surface area contributed by atoms with Crippen LogP contribution in [-0.4, -0.2) is 23.6 Å². The highest BCUT2D eigenvalue weighted by Gasteiger charge is 2.12. The van der Waals surface area contributed by atoms with E-state index in [1.807, 2.05) is 24.3 Å². The van der Waals surface area contributed by atoms with Crippen molar-refractivity contribution in [3.8, 4) is 17.1 Å². The molecule has 0 saturated heterocycles. The number of aromatic nitrogens is 2. The minimum Gasteiger partial charge on any atom is -0.497 e. The predicted octanol–water partition coefficient (Wildman–Crippen LogP) is 4.30. The number of aryl methyl sites for hydroxylation is 1. The van der Waals surface area contributed by atoms with Crippen molar-refractivity contribution >= 4 is 21.7 Å². The van der Waals surface area contributed by atoms with E-state index in [9.17, 15) is 0 Å². The molecule has 112 valence electrons. The van der Waals surface area contributed by atoms with Crippen molar-refractivity contribution < 1.29 is 4.74 Å². The lowest BCUT2D eigenvalue weighted by Gasteiger charge is -2.12. The van der Waals surface area contributed by atoms with Gasteiger partial charge in [0.15, 0.2) is 5.82 Å². The number of rotatable bonds is 6. The van der Waals surface area contributed by atoms with Crippen molar-refractivity contribution in [1.29, 1.82) is 0 Å². The second-order valence-electron chi connectivity index (χ2n) is 4.67. The minimum absolute atomic E-state index is 0.715. The molecule has 0 amide bonds. The summed E-state index contributed by atoms with van der Waals surface area (Å²) in [4.78, 5) is 9.29. The number of nitrogens with zero attached hydrogens (tertiary/aromatic N) is 2. The maximum absolute atomic E-state index is 5.27. The molecule has 1 aromatic heterocycles. The fraction of sp³-hybridized carbons (Fsp3) is 0.375. The Kier molecular flexibility index (Phi) is 5.56. The number of hydrogen-bond acceptors (Lipinski definition) is 4. The summed E-state index contributed by atoms with van der Waals surface area (Å²) in [7, 11) is 1.66. The summed E-state index contributed by atoms with van der Waals surface area (Å²) in [5, 5.41) is 3.35. The average Bonchev–Trinajstić information content (AvgIpc) is 2.54. The van der Waals surface area contributed by atoms with Gasteiger partial charge in [0, 0.05) is 12.1 Å². The van der Waals surface area contributed by atoms with Gasteiger partial charge in [0.2, 0.25) is 0 Å². The van der Waals surface area contributed by atoms with Crippen LogP contribution in [0.1, 0.15) is 26.0 Å². The highest BCUT2D eigenvalue weighted by molar-refractivity contribution is 9.10. The van der Waals surface area contributed by atoms with E-state index >= 15 is 0 Å². The summed E-state index contributed by atoms with van der Waals surface area (Å²) in [6.45, 7) is 5.11. The summed E-state index contributed by atoms with van der Waals surface area (Å²) in [5.74, 6) is 2.37. The first-order chi connectivity index (χ1) is 10.2. The van der Waals surface area contributed by atoms with Crippen LogP contribution < -0.4 is 10.1 Å². The Morgan fingerprint density at radius 3 is 2.71 bits per heavy atom. The van der Waals surface area contributed by atoms with Gasteiger partial charge >= 0.3 is 0 Å². The zero-order valence-corrected chi connectivity index (χ0v) is 14.2. The number of halogens is 1. The van der Waals surface area contributed by atoms with Crippen molar-refractivity contribution in [3.63, 3.8) is 0 Å². The average molecular weight is 350 g/mol. The number of anilines is 1. The molecule has 21 heavy (non-hydrogen) atoms. The Morgan fingerprint density at radius 2 is 2.05 bits per heavy atom. The van der Waals surface area contributed by atoms with Gasteiger partial charge in [-0.05, 0) is 40.9 Å². The van der Waals surface area contributed by atoms with E-state index in [0.717, 1.165) is 46.7 Å². The number of benzene rings is 1. The molecule has 0 bridgehead atoms. The van der Waals surface area contributed by atoms with E-state index in [1.165, 1.54) is 0 Å². The van der Waals surface area contributed by atoms with E-state index in [4.69, 9.17) is 4.74 Å². The Labute approximate surface area is 134 Å². The molecule has 0 radical (unpaired) electrons. The van der Waals surface area contributed by atoms with Crippen LogP contribution in [-0.2, 0) is 6.42 Å². The Balaban J connectivity index is 2.47. The lowest BCUT2D eigenvalue weighted by Crippen LogP contribution is -2.07. The molecule has 1 N–H and O–H groups in total. The van der Waals surface area contributed by atoms with Gasteiger partial charge in [0.05, 0.1) is 17.3 Å². The van der Waals surface area contributed by atoms with E-state index in [-0.39, 0.29) is 0 Å². The Morgan fingerprint density at radius 1 is 1.24 bits per heavy atom. The highest BCUT2D eigenvalue weighted by atomic mass is 79.9. The van der Waals surface area contributed by atoms with E-state index in [0.29, 0.717) is 5.82 Å². The second kappa shape index (κ2) is 7.41. The quantitative estimate of drug-likeness (QED) is 0.844. The zero-order chi connectivity index (χ0) is 15.2. The van der Waals surface area contributed by atoms with Gasteiger partial charge in [0.1, 0.15) is 11.6 Å². The molecule has 4 nitrogen and oxygen atoms in total. The molecule has 0 saturated carbocycles. The lowest BCUT2D eigenvalue weighted by atomic mass is 10.2.